The second kappa shape index (κ2) is 10.2. The molecule has 5 nitrogen and oxygen atoms in total. The van der Waals surface area contributed by atoms with Crippen LogP contribution in [0.15, 0.2) is 42.5 Å². The van der Waals surface area contributed by atoms with E-state index >= 15 is 0 Å². The molecule has 1 aliphatic rings. The minimum Gasteiger partial charge on any atom is -0.497 e. The van der Waals surface area contributed by atoms with E-state index in [1.807, 2.05) is 25.2 Å². The summed E-state index contributed by atoms with van der Waals surface area (Å²) < 4.78 is 10.6. The SMILES string of the molecule is COc1cc(CCC(=O)N(C)Cc2ccc(N3CCCCC3)cc2)cc(OC)c1. The largest absolute Gasteiger partial charge is 0.497 e. The van der Waals surface area contributed by atoms with E-state index in [0.717, 1.165) is 35.7 Å². The van der Waals surface area contributed by atoms with Gasteiger partial charge in [-0.15, -0.1) is 0 Å². The fraction of sp³-hybridized carbons (Fsp3) is 0.458. The molecule has 1 amide bonds. The molecule has 0 bridgehead atoms. The summed E-state index contributed by atoms with van der Waals surface area (Å²) in [5, 5.41) is 0. The highest BCUT2D eigenvalue weighted by Crippen LogP contribution is 2.24. The van der Waals surface area contributed by atoms with Crippen molar-refractivity contribution in [2.24, 2.45) is 0 Å². The Bertz CT molecular complexity index is 776. The van der Waals surface area contributed by atoms with Gasteiger partial charge in [-0.3, -0.25) is 4.79 Å². The zero-order valence-corrected chi connectivity index (χ0v) is 17.8. The van der Waals surface area contributed by atoms with E-state index < -0.39 is 0 Å². The predicted molar refractivity (Wildman–Crippen MR) is 117 cm³/mol. The lowest BCUT2D eigenvalue weighted by atomic mass is 10.1. The molecule has 1 heterocycles. The Kier molecular flexibility index (Phi) is 7.39. The van der Waals surface area contributed by atoms with Gasteiger partial charge in [0.15, 0.2) is 0 Å². The summed E-state index contributed by atoms with van der Waals surface area (Å²) in [6.07, 6.45) is 5.00. The van der Waals surface area contributed by atoms with Crippen LogP contribution >= 0.6 is 0 Å². The van der Waals surface area contributed by atoms with Crippen LogP contribution in [0.3, 0.4) is 0 Å². The van der Waals surface area contributed by atoms with Gasteiger partial charge in [-0.2, -0.15) is 0 Å². The van der Waals surface area contributed by atoms with Crippen molar-refractivity contribution in [2.75, 3.05) is 39.3 Å². The van der Waals surface area contributed by atoms with E-state index in [2.05, 4.69) is 29.2 Å². The summed E-state index contributed by atoms with van der Waals surface area (Å²) in [5.41, 5.74) is 3.48. The van der Waals surface area contributed by atoms with E-state index in [1.165, 1.54) is 24.9 Å². The molecule has 156 valence electrons. The van der Waals surface area contributed by atoms with Crippen molar-refractivity contribution in [3.05, 3.63) is 53.6 Å². The maximum Gasteiger partial charge on any atom is 0.222 e. The highest BCUT2D eigenvalue weighted by molar-refractivity contribution is 5.76. The van der Waals surface area contributed by atoms with Gasteiger partial charge in [-0.05, 0) is 61.1 Å². The van der Waals surface area contributed by atoms with Gasteiger partial charge in [0.05, 0.1) is 14.2 Å². The first kappa shape index (κ1) is 21.0. The molecule has 0 saturated carbocycles. The van der Waals surface area contributed by atoms with Crippen molar-refractivity contribution in [3.63, 3.8) is 0 Å². The van der Waals surface area contributed by atoms with Crippen LogP contribution in [0.25, 0.3) is 0 Å². The van der Waals surface area contributed by atoms with E-state index in [9.17, 15) is 4.79 Å². The molecular formula is C24H32N2O3. The molecule has 0 N–H and O–H groups in total. The average molecular weight is 397 g/mol. The van der Waals surface area contributed by atoms with Crippen LogP contribution in [-0.2, 0) is 17.8 Å². The number of hydrogen-bond acceptors (Lipinski definition) is 4. The first-order chi connectivity index (χ1) is 14.1. The molecular weight excluding hydrogens is 364 g/mol. The topological polar surface area (TPSA) is 42.0 Å². The number of nitrogens with zero attached hydrogens (tertiary/aromatic N) is 2. The van der Waals surface area contributed by atoms with E-state index in [1.54, 1.807) is 19.1 Å². The zero-order chi connectivity index (χ0) is 20.6. The number of carbonyl (C=O) groups is 1. The van der Waals surface area contributed by atoms with Crippen LogP contribution in [0.1, 0.15) is 36.8 Å². The van der Waals surface area contributed by atoms with Crippen molar-refractivity contribution in [2.45, 2.75) is 38.6 Å². The molecule has 1 saturated heterocycles. The molecule has 1 aliphatic heterocycles. The van der Waals surface area contributed by atoms with Gasteiger partial charge < -0.3 is 19.3 Å². The number of ether oxygens (including phenoxy) is 2. The van der Waals surface area contributed by atoms with Crippen LogP contribution in [0.5, 0.6) is 11.5 Å². The maximum atomic E-state index is 12.6. The number of methoxy groups -OCH3 is 2. The third-order valence-electron chi connectivity index (χ3n) is 5.54. The fourth-order valence-electron chi connectivity index (χ4n) is 3.78. The van der Waals surface area contributed by atoms with Crippen molar-refractivity contribution < 1.29 is 14.3 Å². The highest BCUT2D eigenvalue weighted by Gasteiger charge is 2.13. The van der Waals surface area contributed by atoms with Gasteiger partial charge in [0, 0.05) is 44.9 Å². The molecule has 2 aromatic carbocycles. The number of benzene rings is 2. The van der Waals surface area contributed by atoms with Crippen LogP contribution < -0.4 is 14.4 Å². The Hall–Kier alpha value is -2.69. The number of piperidine rings is 1. The molecule has 0 spiro atoms. The van der Waals surface area contributed by atoms with Crippen molar-refractivity contribution in [1.82, 2.24) is 4.90 Å². The van der Waals surface area contributed by atoms with Gasteiger partial charge in [-0.25, -0.2) is 0 Å². The third kappa shape index (κ3) is 5.89. The van der Waals surface area contributed by atoms with Gasteiger partial charge in [-0.1, -0.05) is 12.1 Å². The maximum absolute atomic E-state index is 12.6. The predicted octanol–water partition coefficient (Wildman–Crippen LogP) is 4.29. The number of aryl methyl sites for hydroxylation is 1. The van der Waals surface area contributed by atoms with Crippen molar-refractivity contribution >= 4 is 11.6 Å². The third-order valence-corrected chi connectivity index (χ3v) is 5.54. The number of rotatable bonds is 8. The summed E-state index contributed by atoms with van der Waals surface area (Å²) in [6.45, 7) is 2.92. The number of amides is 1. The van der Waals surface area contributed by atoms with E-state index in [4.69, 9.17) is 9.47 Å². The second-order valence-corrected chi connectivity index (χ2v) is 7.68. The highest BCUT2D eigenvalue weighted by atomic mass is 16.5. The average Bonchev–Trinajstić information content (AvgIpc) is 2.78. The molecule has 1 fully saturated rings. The standard InChI is InChI=1S/C24H32N2O3/c1-25(18-19-7-10-21(11-8-19)26-13-5-4-6-14-26)24(27)12-9-20-15-22(28-2)17-23(16-20)29-3/h7-8,10-11,15-17H,4-6,9,12-14,18H2,1-3H3. The summed E-state index contributed by atoms with van der Waals surface area (Å²) in [4.78, 5) is 16.8. The Morgan fingerprint density at radius 2 is 1.55 bits per heavy atom. The quantitative estimate of drug-likeness (QED) is 0.668. The van der Waals surface area contributed by atoms with Gasteiger partial charge in [0.25, 0.3) is 0 Å². The van der Waals surface area contributed by atoms with E-state index in [0.29, 0.717) is 19.4 Å². The van der Waals surface area contributed by atoms with Gasteiger partial charge in [0.2, 0.25) is 5.91 Å². The first-order valence-electron chi connectivity index (χ1n) is 10.4. The van der Waals surface area contributed by atoms with Crippen molar-refractivity contribution in [1.29, 1.82) is 0 Å². The van der Waals surface area contributed by atoms with Crippen molar-refractivity contribution in [3.8, 4) is 11.5 Å². The zero-order valence-electron chi connectivity index (χ0n) is 17.8. The second-order valence-electron chi connectivity index (χ2n) is 7.68. The normalized spacial score (nSPS) is 13.8. The molecule has 0 aromatic heterocycles. The molecule has 2 aromatic rings. The Morgan fingerprint density at radius 1 is 0.931 bits per heavy atom. The lowest BCUT2D eigenvalue weighted by molar-refractivity contribution is -0.130. The van der Waals surface area contributed by atoms with Crippen LogP contribution in [0, 0.1) is 0 Å². The van der Waals surface area contributed by atoms with Crippen LogP contribution in [0.2, 0.25) is 0 Å². The Labute approximate surface area is 174 Å². The first-order valence-corrected chi connectivity index (χ1v) is 10.4. The monoisotopic (exact) mass is 396 g/mol. The lowest BCUT2D eigenvalue weighted by Gasteiger charge is -2.29. The minimum atomic E-state index is 0.131. The smallest absolute Gasteiger partial charge is 0.222 e. The molecule has 0 unspecified atom stereocenters. The fourth-order valence-corrected chi connectivity index (χ4v) is 3.78. The number of carbonyl (C=O) groups excluding carboxylic acids is 1. The molecule has 3 rings (SSSR count). The Morgan fingerprint density at radius 3 is 2.14 bits per heavy atom. The molecule has 0 atom stereocenters. The van der Waals surface area contributed by atoms with Gasteiger partial charge in [0.1, 0.15) is 11.5 Å². The summed E-state index contributed by atoms with van der Waals surface area (Å²) in [7, 11) is 5.13. The molecule has 29 heavy (non-hydrogen) atoms. The summed E-state index contributed by atoms with van der Waals surface area (Å²) in [5.74, 6) is 1.62. The van der Waals surface area contributed by atoms with Crippen LogP contribution in [0.4, 0.5) is 5.69 Å². The minimum absolute atomic E-state index is 0.131. The number of hydrogen-bond donors (Lipinski definition) is 0. The Balaban J connectivity index is 1.52. The summed E-state index contributed by atoms with van der Waals surface area (Å²) >= 11 is 0. The summed E-state index contributed by atoms with van der Waals surface area (Å²) in [6, 6.07) is 14.4. The molecule has 5 heteroatoms. The van der Waals surface area contributed by atoms with Crippen LogP contribution in [-0.4, -0.2) is 45.2 Å². The van der Waals surface area contributed by atoms with E-state index in [-0.39, 0.29) is 5.91 Å². The number of anilines is 1. The lowest BCUT2D eigenvalue weighted by Crippen LogP contribution is -2.29. The molecule has 0 radical (unpaired) electrons. The van der Waals surface area contributed by atoms with Gasteiger partial charge >= 0.3 is 0 Å². The molecule has 0 aliphatic carbocycles.